The zero-order chi connectivity index (χ0) is 20.8. The van der Waals surface area contributed by atoms with Crippen molar-refractivity contribution in [3.05, 3.63) is 88.6 Å². The molecule has 0 atom stereocenters. The van der Waals surface area contributed by atoms with Gasteiger partial charge in [0, 0.05) is 10.9 Å². The van der Waals surface area contributed by atoms with Crippen molar-refractivity contribution in [1.82, 2.24) is 4.57 Å². The highest BCUT2D eigenvalue weighted by Crippen LogP contribution is 2.12. The van der Waals surface area contributed by atoms with E-state index in [4.69, 9.17) is 21.1 Å². The molecule has 29 heavy (non-hydrogen) atoms. The van der Waals surface area contributed by atoms with Gasteiger partial charge in [-0.1, -0.05) is 66.7 Å². The van der Waals surface area contributed by atoms with Crippen LogP contribution in [0.1, 0.15) is 18.2 Å². The first kappa shape index (κ1) is 20.4. The van der Waals surface area contributed by atoms with Gasteiger partial charge in [0.1, 0.15) is 17.5 Å². The van der Waals surface area contributed by atoms with Crippen LogP contribution in [0.25, 0.3) is 11.7 Å². The van der Waals surface area contributed by atoms with Crippen molar-refractivity contribution >= 4 is 35.1 Å². The number of carbonyl (C=O) groups is 1. The van der Waals surface area contributed by atoms with Crippen LogP contribution in [-0.4, -0.2) is 23.5 Å². The number of hydrogen-bond acceptors (Lipinski definition) is 4. The van der Waals surface area contributed by atoms with E-state index in [9.17, 15) is 4.79 Å². The SMILES string of the molecule is C=c1/c(=C(Cl)\N=C(/C)c2ccccc2)cc(COc2ccccc2)n1C(=O)OC. The van der Waals surface area contributed by atoms with E-state index < -0.39 is 6.09 Å². The molecule has 0 aliphatic rings. The molecule has 1 aromatic heterocycles. The highest BCUT2D eigenvalue weighted by atomic mass is 35.5. The summed E-state index contributed by atoms with van der Waals surface area (Å²) in [4.78, 5) is 16.8. The molecule has 2 aromatic carbocycles. The quantitative estimate of drug-likeness (QED) is 0.475. The Morgan fingerprint density at radius 3 is 2.34 bits per heavy atom. The molecule has 0 N–H and O–H groups in total. The predicted molar refractivity (Wildman–Crippen MR) is 116 cm³/mol. The van der Waals surface area contributed by atoms with Crippen molar-refractivity contribution in [3.8, 4) is 5.75 Å². The molecule has 0 fully saturated rings. The standard InChI is InChI=1S/C23H21ClN2O3/c1-16(18-10-6-4-7-11-18)25-22(24)21-14-19(26(17(21)2)23(27)28-3)15-29-20-12-8-5-9-13-20/h4-14H,2,15H2,1,3H3/b22-21-,25-16+. The van der Waals surface area contributed by atoms with Crippen LogP contribution >= 0.6 is 11.6 Å². The Bertz CT molecular complexity index is 1140. The molecule has 6 heteroatoms. The van der Waals surface area contributed by atoms with E-state index in [1.165, 1.54) is 11.7 Å². The van der Waals surface area contributed by atoms with Gasteiger partial charge in [0.2, 0.25) is 0 Å². The molecule has 0 radical (unpaired) electrons. The summed E-state index contributed by atoms with van der Waals surface area (Å²) >= 11 is 6.49. The number of aromatic nitrogens is 1. The van der Waals surface area contributed by atoms with Gasteiger partial charge in [-0.15, -0.1) is 0 Å². The van der Waals surface area contributed by atoms with E-state index in [0.717, 1.165) is 11.3 Å². The van der Waals surface area contributed by atoms with Crippen molar-refractivity contribution in [2.75, 3.05) is 7.11 Å². The lowest BCUT2D eigenvalue weighted by atomic mass is 10.1. The van der Waals surface area contributed by atoms with Gasteiger partial charge >= 0.3 is 6.09 Å². The summed E-state index contributed by atoms with van der Waals surface area (Å²) in [5, 5.41) is 1.16. The molecule has 0 saturated heterocycles. The molecule has 0 bridgehead atoms. The molecular weight excluding hydrogens is 388 g/mol. The fraction of sp³-hybridized carbons (Fsp3) is 0.130. The van der Waals surface area contributed by atoms with Crippen LogP contribution in [0.3, 0.4) is 0 Å². The summed E-state index contributed by atoms with van der Waals surface area (Å²) in [6.07, 6.45) is -0.568. The minimum atomic E-state index is -0.568. The van der Waals surface area contributed by atoms with Gasteiger partial charge in [-0.2, -0.15) is 0 Å². The van der Waals surface area contributed by atoms with Gasteiger partial charge in [0.05, 0.1) is 18.2 Å². The molecule has 0 amide bonds. The van der Waals surface area contributed by atoms with Gasteiger partial charge in [-0.3, -0.25) is 0 Å². The summed E-state index contributed by atoms with van der Waals surface area (Å²) in [6.45, 7) is 6.02. The Hall–Kier alpha value is -3.31. The molecule has 3 rings (SSSR count). The molecule has 148 valence electrons. The monoisotopic (exact) mass is 408 g/mol. The Morgan fingerprint density at radius 1 is 1.10 bits per heavy atom. The summed E-state index contributed by atoms with van der Waals surface area (Å²) in [5.74, 6) is 0.685. The number of hydrogen-bond donors (Lipinski definition) is 0. The van der Waals surface area contributed by atoms with Crippen LogP contribution < -0.4 is 15.3 Å². The lowest BCUT2D eigenvalue weighted by molar-refractivity contribution is 0.169. The van der Waals surface area contributed by atoms with Gasteiger partial charge in [-0.25, -0.2) is 14.4 Å². The first-order valence-corrected chi connectivity index (χ1v) is 9.35. The largest absolute Gasteiger partial charge is 0.487 e. The number of benzene rings is 2. The first-order valence-electron chi connectivity index (χ1n) is 8.97. The highest BCUT2D eigenvalue weighted by Gasteiger charge is 2.15. The Labute approximate surface area is 174 Å². The maximum atomic E-state index is 12.3. The lowest BCUT2D eigenvalue weighted by Crippen LogP contribution is -2.33. The molecule has 3 aromatic rings. The van der Waals surface area contributed by atoms with Gasteiger partial charge < -0.3 is 9.47 Å². The number of nitrogens with zero attached hydrogens (tertiary/aromatic N) is 2. The predicted octanol–water partition coefficient (Wildman–Crippen LogP) is 3.91. The van der Waals surface area contributed by atoms with Crippen LogP contribution in [0.5, 0.6) is 5.75 Å². The topological polar surface area (TPSA) is 52.8 Å². The van der Waals surface area contributed by atoms with Gasteiger partial charge in [0.15, 0.2) is 0 Å². The molecular formula is C23H21ClN2O3. The number of para-hydroxylation sites is 1. The summed E-state index contributed by atoms with van der Waals surface area (Å²) < 4.78 is 12.0. The number of methoxy groups -OCH3 is 1. The van der Waals surface area contributed by atoms with E-state index in [-0.39, 0.29) is 11.8 Å². The average molecular weight is 409 g/mol. The number of halogens is 1. The molecule has 0 unspecified atom stereocenters. The third-order valence-electron chi connectivity index (χ3n) is 4.35. The minimum absolute atomic E-state index is 0.146. The number of rotatable bonds is 5. The number of aliphatic imine (C=N–C) groups is 1. The Kier molecular flexibility index (Phi) is 6.52. The average Bonchev–Trinajstić information content (AvgIpc) is 3.09. The summed E-state index contributed by atoms with van der Waals surface area (Å²) in [6, 6.07) is 20.8. The van der Waals surface area contributed by atoms with Crippen LogP contribution in [0.15, 0.2) is 71.7 Å². The van der Waals surface area contributed by atoms with Crippen molar-refractivity contribution in [1.29, 1.82) is 0 Å². The van der Waals surface area contributed by atoms with E-state index in [2.05, 4.69) is 11.6 Å². The molecule has 0 spiro atoms. The zero-order valence-electron chi connectivity index (χ0n) is 16.3. The smallest absolute Gasteiger partial charge is 0.418 e. The van der Waals surface area contributed by atoms with Crippen molar-refractivity contribution in [3.63, 3.8) is 0 Å². The van der Waals surface area contributed by atoms with Crippen molar-refractivity contribution in [2.24, 2.45) is 4.99 Å². The van der Waals surface area contributed by atoms with E-state index >= 15 is 0 Å². The molecule has 0 aliphatic carbocycles. The lowest BCUT2D eigenvalue weighted by Gasteiger charge is -2.08. The second-order valence-corrected chi connectivity index (χ2v) is 6.62. The van der Waals surface area contributed by atoms with Crippen molar-refractivity contribution < 1.29 is 14.3 Å². The van der Waals surface area contributed by atoms with Crippen LogP contribution in [-0.2, 0) is 11.3 Å². The third-order valence-corrected chi connectivity index (χ3v) is 4.63. The van der Waals surface area contributed by atoms with E-state index in [1.807, 2.05) is 67.6 Å². The summed E-state index contributed by atoms with van der Waals surface area (Å²) in [7, 11) is 1.31. The fourth-order valence-electron chi connectivity index (χ4n) is 2.84. The van der Waals surface area contributed by atoms with E-state index in [1.54, 1.807) is 6.07 Å². The van der Waals surface area contributed by atoms with Crippen LogP contribution in [0.2, 0.25) is 0 Å². The van der Waals surface area contributed by atoms with Crippen LogP contribution in [0, 0.1) is 0 Å². The zero-order valence-corrected chi connectivity index (χ0v) is 17.0. The Balaban J connectivity index is 2.03. The number of ether oxygens (including phenoxy) is 2. The Morgan fingerprint density at radius 2 is 1.72 bits per heavy atom. The number of carbonyl (C=O) groups excluding carboxylic acids is 1. The fourth-order valence-corrected chi connectivity index (χ4v) is 3.13. The normalized spacial score (nSPS) is 12.4. The first-order chi connectivity index (χ1) is 14.0. The summed E-state index contributed by atoms with van der Waals surface area (Å²) in [5.41, 5.74) is 2.27. The highest BCUT2D eigenvalue weighted by molar-refractivity contribution is 6.45. The molecule has 5 nitrogen and oxygen atoms in total. The van der Waals surface area contributed by atoms with Crippen molar-refractivity contribution in [2.45, 2.75) is 13.5 Å². The molecule has 0 saturated carbocycles. The second kappa shape index (κ2) is 9.26. The van der Waals surface area contributed by atoms with E-state index in [0.29, 0.717) is 22.0 Å². The molecule has 0 aliphatic heterocycles. The van der Waals surface area contributed by atoms with Crippen LogP contribution in [0.4, 0.5) is 4.79 Å². The molecule has 1 heterocycles. The minimum Gasteiger partial charge on any atom is -0.487 e. The second-order valence-electron chi connectivity index (χ2n) is 6.26. The third kappa shape index (κ3) is 4.76. The maximum absolute atomic E-state index is 12.3. The van der Waals surface area contributed by atoms with Gasteiger partial charge in [0.25, 0.3) is 0 Å². The van der Waals surface area contributed by atoms with Gasteiger partial charge in [-0.05, 0) is 30.7 Å². The maximum Gasteiger partial charge on any atom is 0.418 e.